The van der Waals surface area contributed by atoms with E-state index < -0.39 is 0 Å². The molecule has 1 heterocycles. The van der Waals surface area contributed by atoms with Gasteiger partial charge in [-0.1, -0.05) is 6.58 Å². The van der Waals surface area contributed by atoms with Gasteiger partial charge >= 0.3 is 0 Å². The zero-order valence-electron chi connectivity index (χ0n) is 7.97. The van der Waals surface area contributed by atoms with E-state index in [4.69, 9.17) is 5.73 Å². The number of hydrogen-bond donors (Lipinski definition) is 3. The molecule has 4 N–H and O–H groups in total. The number of carbonyl (C=O) groups excluding carboxylic acids is 1. The third kappa shape index (κ3) is 2.73. The lowest BCUT2D eigenvalue weighted by Crippen LogP contribution is -2.43. The standard InChI is InChI=1S/C9H17N3O/c1-6(2)12-5-7-3-4-11-8(7)9(10)13/h7-8,11-12H,1,3-5H2,2H3,(H2,10,13). The summed E-state index contributed by atoms with van der Waals surface area (Å²) in [5, 5.41) is 6.22. The summed E-state index contributed by atoms with van der Waals surface area (Å²) in [5.41, 5.74) is 6.17. The number of amides is 1. The Bertz CT molecular complexity index is 215. The summed E-state index contributed by atoms with van der Waals surface area (Å²) in [6, 6.07) is -0.174. The number of carbonyl (C=O) groups is 1. The third-order valence-corrected chi connectivity index (χ3v) is 2.32. The van der Waals surface area contributed by atoms with Gasteiger partial charge in [0.05, 0.1) is 6.04 Å². The van der Waals surface area contributed by atoms with Crippen LogP contribution in [0.2, 0.25) is 0 Å². The molecule has 0 aromatic rings. The van der Waals surface area contributed by atoms with Crippen LogP contribution in [0, 0.1) is 5.92 Å². The zero-order valence-corrected chi connectivity index (χ0v) is 7.97. The lowest BCUT2D eigenvalue weighted by Gasteiger charge is -2.17. The number of allylic oxidation sites excluding steroid dienone is 1. The molecule has 1 saturated heterocycles. The third-order valence-electron chi connectivity index (χ3n) is 2.32. The molecule has 0 radical (unpaired) electrons. The molecule has 1 aliphatic rings. The van der Waals surface area contributed by atoms with Crippen molar-refractivity contribution in [3.05, 3.63) is 12.3 Å². The molecule has 4 heteroatoms. The molecule has 0 aliphatic carbocycles. The second-order valence-electron chi connectivity index (χ2n) is 3.54. The predicted molar refractivity (Wildman–Crippen MR) is 51.9 cm³/mol. The molecule has 2 unspecified atom stereocenters. The van der Waals surface area contributed by atoms with Gasteiger partial charge in [-0.25, -0.2) is 0 Å². The van der Waals surface area contributed by atoms with Crippen LogP contribution in [-0.4, -0.2) is 25.0 Å². The van der Waals surface area contributed by atoms with E-state index in [9.17, 15) is 4.79 Å². The molecule has 1 aliphatic heterocycles. The van der Waals surface area contributed by atoms with Gasteiger partial charge in [-0.05, 0) is 19.9 Å². The highest BCUT2D eigenvalue weighted by atomic mass is 16.1. The first-order valence-corrected chi connectivity index (χ1v) is 4.53. The van der Waals surface area contributed by atoms with E-state index in [1.54, 1.807) is 0 Å². The average molecular weight is 183 g/mol. The van der Waals surface area contributed by atoms with Crippen molar-refractivity contribution in [3.63, 3.8) is 0 Å². The highest BCUT2D eigenvalue weighted by molar-refractivity contribution is 5.80. The number of nitrogens with two attached hydrogens (primary N) is 1. The Morgan fingerprint density at radius 1 is 1.77 bits per heavy atom. The van der Waals surface area contributed by atoms with E-state index in [1.165, 1.54) is 0 Å². The SMILES string of the molecule is C=C(C)NCC1CCNC1C(N)=O. The Kier molecular flexibility index (Phi) is 3.31. The van der Waals surface area contributed by atoms with Crippen molar-refractivity contribution in [2.24, 2.45) is 11.7 Å². The highest BCUT2D eigenvalue weighted by Crippen LogP contribution is 2.14. The summed E-state index contributed by atoms with van der Waals surface area (Å²) in [5.74, 6) is 0.0419. The second kappa shape index (κ2) is 4.28. The van der Waals surface area contributed by atoms with E-state index >= 15 is 0 Å². The van der Waals surface area contributed by atoms with Crippen molar-refractivity contribution in [3.8, 4) is 0 Å². The van der Waals surface area contributed by atoms with Gasteiger partial charge in [-0.3, -0.25) is 4.79 Å². The number of nitrogens with one attached hydrogen (secondary N) is 2. The molecular weight excluding hydrogens is 166 g/mol. The van der Waals surface area contributed by atoms with Crippen molar-refractivity contribution in [2.75, 3.05) is 13.1 Å². The normalized spacial score (nSPS) is 27.2. The quantitative estimate of drug-likeness (QED) is 0.554. The fourth-order valence-corrected chi connectivity index (χ4v) is 1.62. The lowest BCUT2D eigenvalue weighted by atomic mass is 10.0. The number of rotatable bonds is 4. The van der Waals surface area contributed by atoms with Gasteiger partial charge < -0.3 is 16.4 Å². The van der Waals surface area contributed by atoms with Gasteiger partial charge in [-0.2, -0.15) is 0 Å². The molecule has 0 bridgehead atoms. The first-order chi connectivity index (χ1) is 6.11. The van der Waals surface area contributed by atoms with Gasteiger partial charge in [0, 0.05) is 18.2 Å². The monoisotopic (exact) mass is 183 g/mol. The minimum atomic E-state index is -0.258. The van der Waals surface area contributed by atoms with E-state index in [2.05, 4.69) is 17.2 Å². The van der Waals surface area contributed by atoms with Crippen LogP contribution in [-0.2, 0) is 4.79 Å². The maximum Gasteiger partial charge on any atom is 0.234 e. The van der Waals surface area contributed by atoms with Crippen LogP contribution in [0.1, 0.15) is 13.3 Å². The fraction of sp³-hybridized carbons (Fsp3) is 0.667. The Morgan fingerprint density at radius 2 is 2.46 bits per heavy atom. The molecule has 0 aromatic carbocycles. The van der Waals surface area contributed by atoms with Crippen molar-refractivity contribution in [1.29, 1.82) is 0 Å². The summed E-state index contributed by atoms with van der Waals surface area (Å²) >= 11 is 0. The maximum atomic E-state index is 11.0. The maximum absolute atomic E-state index is 11.0. The van der Waals surface area contributed by atoms with Crippen LogP contribution in [0.5, 0.6) is 0 Å². The van der Waals surface area contributed by atoms with Crippen LogP contribution in [0.15, 0.2) is 12.3 Å². The summed E-state index contributed by atoms with van der Waals surface area (Å²) in [6.07, 6.45) is 0.994. The topological polar surface area (TPSA) is 67.2 Å². The second-order valence-corrected chi connectivity index (χ2v) is 3.54. The lowest BCUT2D eigenvalue weighted by molar-refractivity contribution is -0.120. The summed E-state index contributed by atoms with van der Waals surface area (Å²) < 4.78 is 0. The van der Waals surface area contributed by atoms with Gasteiger partial charge in [0.1, 0.15) is 0 Å². The van der Waals surface area contributed by atoms with Crippen LogP contribution < -0.4 is 16.4 Å². The van der Waals surface area contributed by atoms with Gasteiger partial charge in [0.25, 0.3) is 0 Å². The highest BCUT2D eigenvalue weighted by Gasteiger charge is 2.30. The van der Waals surface area contributed by atoms with E-state index in [-0.39, 0.29) is 11.9 Å². The molecule has 2 atom stereocenters. The van der Waals surface area contributed by atoms with E-state index in [1.807, 2.05) is 6.92 Å². The summed E-state index contributed by atoms with van der Waals surface area (Å²) in [7, 11) is 0. The molecule has 1 amide bonds. The Hall–Kier alpha value is -1.03. The van der Waals surface area contributed by atoms with Crippen molar-refractivity contribution in [2.45, 2.75) is 19.4 Å². The predicted octanol–water partition coefficient (Wildman–Crippen LogP) is -0.427. The minimum Gasteiger partial charge on any atom is -0.389 e. The molecule has 1 rings (SSSR count). The number of primary amides is 1. The zero-order chi connectivity index (χ0) is 9.84. The van der Waals surface area contributed by atoms with E-state index in [0.29, 0.717) is 5.92 Å². The molecule has 4 nitrogen and oxygen atoms in total. The first-order valence-electron chi connectivity index (χ1n) is 4.53. The molecule has 13 heavy (non-hydrogen) atoms. The Labute approximate surface area is 78.6 Å². The van der Waals surface area contributed by atoms with E-state index in [0.717, 1.165) is 25.2 Å². The Morgan fingerprint density at radius 3 is 3.00 bits per heavy atom. The van der Waals surface area contributed by atoms with Crippen LogP contribution in [0.25, 0.3) is 0 Å². The number of hydrogen-bond acceptors (Lipinski definition) is 3. The first kappa shape index (κ1) is 10.1. The van der Waals surface area contributed by atoms with Crippen LogP contribution in [0.3, 0.4) is 0 Å². The van der Waals surface area contributed by atoms with Crippen molar-refractivity contribution < 1.29 is 4.79 Å². The van der Waals surface area contributed by atoms with Gasteiger partial charge in [0.2, 0.25) is 5.91 Å². The van der Waals surface area contributed by atoms with Crippen molar-refractivity contribution >= 4 is 5.91 Å². The van der Waals surface area contributed by atoms with Crippen LogP contribution >= 0.6 is 0 Å². The average Bonchev–Trinajstić information content (AvgIpc) is 2.47. The Balaban J connectivity index is 2.39. The smallest absolute Gasteiger partial charge is 0.234 e. The van der Waals surface area contributed by atoms with Gasteiger partial charge in [0.15, 0.2) is 0 Å². The molecule has 1 fully saturated rings. The van der Waals surface area contributed by atoms with Gasteiger partial charge in [-0.15, -0.1) is 0 Å². The molecule has 0 spiro atoms. The summed E-state index contributed by atoms with van der Waals surface area (Å²) in [4.78, 5) is 11.0. The minimum absolute atomic E-state index is 0.174. The molecule has 74 valence electrons. The molecule has 0 saturated carbocycles. The van der Waals surface area contributed by atoms with Crippen LogP contribution in [0.4, 0.5) is 0 Å². The fourth-order valence-electron chi connectivity index (χ4n) is 1.62. The molecular formula is C9H17N3O. The summed E-state index contributed by atoms with van der Waals surface area (Å²) in [6.45, 7) is 7.29. The van der Waals surface area contributed by atoms with Crippen molar-refractivity contribution in [1.82, 2.24) is 10.6 Å². The largest absolute Gasteiger partial charge is 0.389 e. The molecule has 0 aromatic heterocycles.